The number of thioether (sulfide) groups is 1. The standard InChI is InChI=1S/C15H31N3OS/c1-16-15(17-10-5-6-13-20-2)18-11-7-12-19-14-8-3-4-9-14/h14H,3-13H2,1-2H3,(H2,16,17,18). The molecule has 2 N–H and O–H groups in total. The van der Waals surface area contributed by atoms with Crippen molar-refractivity contribution in [2.45, 2.75) is 51.0 Å². The quantitative estimate of drug-likeness (QED) is 0.370. The Morgan fingerprint density at radius 1 is 1.15 bits per heavy atom. The monoisotopic (exact) mass is 301 g/mol. The minimum Gasteiger partial charge on any atom is -0.378 e. The average molecular weight is 302 g/mol. The maximum Gasteiger partial charge on any atom is 0.190 e. The lowest BCUT2D eigenvalue weighted by molar-refractivity contribution is 0.0574. The second-order valence-corrected chi connectivity index (χ2v) is 6.24. The van der Waals surface area contributed by atoms with E-state index in [0.29, 0.717) is 6.10 Å². The van der Waals surface area contributed by atoms with Gasteiger partial charge in [0.05, 0.1) is 6.10 Å². The van der Waals surface area contributed by atoms with Crippen molar-refractivity contribution in [3.8, 4) is 0 Å². The molecule has 4 nitrogen and oxygen atoms in total. The molecule has 0 radical (unpaired) electrons. The molecular weight excluding hydrogens is 270 g/mol. The summed E-state index contributed by atoms with van der Waals surface area (Å²) in [6.45, 7) is 2.79. The van der Waals surface area contributed by atoms with Crippen LogP contribution in [-0.2, 0) is 4.74 Å². The average Bonchev–Trinajstić information content (AvgIpc) is 2.97. The van der Waals surface area contributed by atoms with E-state index in [1.54, 1.807) is 0 Å². The van der Waals surface area contributed by atoms with Gasteiger partial charge < -0.3 is 15.4 Å². The SMILES string of the molecule is CN=C(NCCCCSC)NCCCOC1CCCC1. The minimum absolute atomic E-state index is 0.531. The van der Waals surface area contributed by atoms with Gasteiger partial charge in [0.15, 0.2) is 5.96 Å². The number of aliphatic imine (C=N–C) groups is 1. The smallest absolute Gasteiger partial charge is 0.190 e. The Morgan fingerprint density at radius 2 is 1.85 bits per heavy atom. The summed E-state index contributed by atoms with van der Waals surface area (Å²) in [5.74, 6) is 2.15. The van der Waals surface area contributed by atoms with Gasteiger partial charge in [-0.05, 0) is 44.1 Å². The molecule has 118 valence electrons. The van der Waals surface area contributed by atoms with Crippen molar-refractivity contribution in [1.29, 1.82) is 0 Å². The summed E-state index contributed by atoms with van der Waals surface area (Å²) >= 11 is 1.91. The van der Waals surface area contributed by atoms with E-state index in [1.165, 1.54) is 44.3 Å². The molecule has 1 aliphatic carbocycles. The van der Waals surface area contributed by atoms with E-state index in [-0.39, 0.29) is 0 Å². The van der Waals surface area contributed by atoms with Crippen LogP contribution in [0.5, 0.6) is 0 Å². The molecule has 0 amide bonds. The Labute approximate surface area is 128 Å². The largest absolute Gasteiger partial charge is 0.378 e. The van der Waals surface area contributed by atoms with Crippen molar-refractivity contribution in [2.24, 2.45) is 4.99 Å². The topological polar surface area (TPSA) is 45.7 Å². The van der Waals surface area contributed by atoms with Crippen LogP contribution in [-0.4, -0.2) is 50.8 Å². The summed E-state index contributed by atoms with van der Waals surface area (Å²) in [5.41, 5.74) is 0. The summed E-state index contributed by atoms with van der Waals surface area (Å²) in [6, 6.07) is 0. The van der Waals surface area contributed by atoms with Crippen LogP contribution in [0, 0.1) is 0 Å². The number of ether oxygens (including phenoxy) is 1. The first-order valence-electron chi connectivity index (χ1n) is 7.92. The lowest BCUT2D eigenvalue weighted by Gasteiger charge is -2.13. The van der Waals surface area contributed by atoms with Gasteiger partial charge >= 0.3 is 0 Å². The van der Waals surface area contributed by atoms with Crippen molar-refractivity contribution in [2.75, 3.05) is 38.8 Å². The van der Waals surface area contributed by atoms with Crippen molar-refractivity contribution in [1.82, 2.24) is 10.6 Å². The zero-order valence-electron chi connectivity index (χ0n) is 13.1. The molecule has 1 saturated carbocycles. The maximum absolute atomic E-state index is 5.84. The zero-order valence-corrected chi connectivity index (χ0v) is 13.9. The fraction of sp³-hybridized carbons (Fsp3) is 0.933. The summed E-state index contributed by atoms with van der Waals surface area (Å²) in [4.78, 5) is 4.23. The van der Waals surface area contributed by atoms with Gasteiger partial charge in [-0.2, -0.15) is 11.8 Å². The molecule has 0 aliphatic heterocycles. The van der Waals surface area contributed by atoms with Gasteiger partial charge in [-0.25, -0.2) is 0 Å². The fourth-order valence-electron chi connectivity index (χ4n) is 2.38. The van der Waals surface area contributed by atoms with E-state index in [2.05, 4.69) is 21.9 Å². The highest BCUT2D eigenvalue weighted by molar-refractivity contribution is 7.98. The number of rotatable bonds is 10. The molecule has 1 rings (SSSR count). The third-order valence-corrected chi connectivity index (χ3v) is 4.26. The van der Waals surface area contributed by atoms with Gasteiger partial charge in [-0.15, -0.1) is 0 Å². The highest BCUT2D eigenvalue weighted by Crippen LogP contribution is 2.20. The van der Waals surface area contributed by atoms with Gasteiger partial charge in [0.1, 0.15) is 0 Å². The van der Waals surface area contributed by atoms with E-state index in [4.69, 9.17) is 4.74 Å². The Kier molecular flexibility index (Phi) is 10.9. The van der Waals surface area contributed by atoms with Gasteiger partial charge in [-0.1, -0.05) is 12.8 Å². The van der Waals surface area contributed by atoms with Crippen molar-refractivity contribution in [3.63, 3.8) is 0 Å². The first-order chi connectivity index (χ1) is 9.86. The maximum atomic E-state index is 5.84. The Hall–Kier alpha value is -0.420. The molecule has 20 heavy (non-hydrogen) atoms. The predicted molar refractivity (Wildman–Crippen MR) is 89.8 cm³/mol. The van der Waals surface area contributed by atoms with Crippen LogP contribution in [0.2, 0.25) is 0 Å². The summed E-state index contributed by atoms with van der Waals surface area (Å²) in [6.07, 6.45) is 11.4. The molecule has 5 heteroatoms. The zero-order chi connectivity index (χ0) is 14.5. The lowest BCUT2D eigenvalue weighted by atomic mass is 10.3. The van der Waals surface area contributed by atoms with Crippen LogP contribution < -0.4 is 10.6 Å². The second kappa shape index (κ2) is 12.3. The molecule has 1 aliphatic rings. The van der Waals surface area contributed by atoms with Crippen LogP contribution in [0.25, 0.3) is 0 Å². The number of nitrogens with zero attached hydrogens (tertiary/aromatic N) is 1. The Balaban J connectivity index is 1.92. The van der Waals surface area contributed by atoms with Crippen LogP contribution in [0.1, 0.15) is 44.9 Å². The first-order valence-corrected chi connectivity index (χ1v) is 9.31. The number of guanidine groups is 1. The number of hydrogen-bond acceptors (Lipinski definition) is 3. The third kappa shape index (κ3) is 8.69. The van der Waals surface area contributed by atoms with Crippen LogP contribution in [0.4, 0.5) is 0 Å². The fourth-order valence-corrected chi connectivity index (χ4v) is 2.88. The van der Waals surface area contributed by atoms with Crippen molar-refractivity contribution >= 4 is 17.7 Å². The van der Waals surface area contributed by atoms with E-state index < -0.39 is 0 Å². The number of hydrogen-bond donors (Lipinski definition) is 2. The van der Waals surface area contributed by atoms with Crippen LogP contribution in [0.15, 0.2) is 4.99 Å². The summed E-state index contributed by atoms with van der Waals surface area (Å²) < 4.78 is 5.84. The second-order valence-electron chi connectivity index (χ2n) is 5.26. The molecule has 0 aromatic carbocycles. The lowest BCUT2D eigenvalue weighted by Crippen LogP contribution is -2.38. The van der Waals surface area contributed by atoms with E-state index in [1.807, 2.05) is 18.8 Å². The van der Waals surface area contributed by atoms with E-state index in [0.717, 1.165) is 32.1 Å². The first kappa shape index (κ1) is 17.6. The van der Waals surface area contributed by atoms with Gasteiger partial charge in [0, 0.05) is 26.7 Å². The molecule has 0 atom stereocenters. The van der Waals surface area contributed by atoms with Crippen LogP contribution >= 0.6 is 11.8 Å². The van der Waals surface area contributed by atoms with E-state index in [9.17, 15) is 0 Å². The van der Waals surface area contributed by atoms with Gasteiger partial charge in [0.2, 0.25) is 0 Å². The Bertz CT molecular complexity index is 256. The molecule has 0 unspecified atom stereocenters. The molecule has 0 heterocycles. The third-order valence-electron chi connectivity index (χ3n) is 3.56. The highest BCUT2D eigenvalue weighted by Gasteiger charge is 2.14. The van der Waals surface area contributed by atoms with Gasteiger partial charge in [-0.3, -0.25) is 4.99 Å². The van der Waals surface area contributed by atoms with Crippen molar-refractivity contribution in [3.05, 3.63) is 0 Å². The normalized spacial score (nSPS) is 16.6. The summed E-state index contributed by atoms with van der Waals surface area (Å²) in [7, 11) is 1.83. The molecule has 1 fully saturated rings. The van der Waals surface area contributed by atoms with Gasteiger partial charge in [0.25, 0.3) is 0 Å². The minimum atomic E-state index is 0.531. The van der Waals surface area contributed by atoms with Crippen molar-refractivity contribution < 1.29 is 4.74 Å². The molecule has 0 spiro atoms. The summed E-state index contributed by atoms with van der Waals surface area (Å²) in [5, 5.41) is 6.69. The number of nitrogens with one attached hydrogen (secondary N) is 2. The predicted octanol–water partition coefficient (Wildman–Crippen LogP) is 2.64. The highest BCUT2D eigenvalue weighted by atomic mass is 32.2. The Morgan fingerprint density at radius 3 is 2.50 bits per heavy atom. The molecule has 0 aromatic heterocycles. The molecule has 0 bridgehead atoms. The van der Waals surface area contributed by atoms with Crippen LogP contribution in [0.3, 0.4) is 0 Å². The number of unbranched alkanes of at least 4 members (excludes halogenated alkanes) is 1. The molecule has 0 saturated heterocycles. The van der Waals surface area contributed by atoms with E-state index >= 15 is 0 Å². The molecule has 0 aromatic rings. The molecular formula is C15H31N3OS.